The summed E-state index contributed by atoms with van der Waals surface area (Å²) in [4.78, 5) is 32.6. The predicted octanol–water partition coefficient (Wildman–Crippen LogP) is 4.25. The fraction of sp³-hybridized carbons (Fsp3) is 0.0400. The average molecular weight is 487 g/mol. The molecule has 2 aromatic heterocycles. The van der Waals surface area contributed by atoms with E-state index >= 15 is 0 Å². The molecule has 10 heteroatoms. The number of aromatic amines is 1. The summed E-state index contributed by atoms with van der Waals surface area (Å²) in [5, 5.41) is 4.89. The minimum Gasteiger partial charge on any atom is -0.333 e. The van der Waals surface area contributed by atoms with Crippen LogP contribution >= 0.6 is 11.8 Å². The van der Waals surface area contributed by atoms with Crippen molar-refractivity contribution in [1.29, 1.82) is 0 Å². The van der Waals surface area contributed by atoms with Crippen molar-refractivity contribution in [3.05, 3.63) is 108 Å². The second-order valence-corrected chi connectivity index (χ2v) is 8.51. The van der Waals surface area contributed by atoms with Gasteiger partial charge in [0.05, 0.1) is 11.0 Å². The van der Waals surface area contributed by atoms with E-state index in [1.165, 1.54) is 23.0 Å². The molecule has 5 rings (SSSR count). The Morgan fingerprint density at radius 3 is 2.46 bits per heavy atom. The molecule has 0 aliphatic rings. The van der Waals surface area contributed by atoms with E-state index in [1.807, 2.05) is 36.4 Å². The minimum atomic E-state index is -0.618. The van der Waals surface area contributed by atoms with Crippen molar-refractivity contribution in [3.63, 3.8) is 0 Å². The van der Waals surface area contributed by atoms with Crippen molar-refractivity contribution >= 4 is 34.6 Å². The molecule has 8 nitrogen and oxygen atoms in total. The number of imidazole rings is 1. The van der Waals surface area contributed by atoms with Crippen LogP contribution in [0.1, 0.15) is 26.4 Å². The van der Waals surface area contributed by atoms with Gasteiger partial charge in [0.2, 0.25) is 0 Å². The van der Waals surface area contributed by atoms with E-state index in [4.69, 9.17) is 0 Å². The van der Waals surface area contributed by atoms with E-state index < -0.39 is 17.6 Å². The van der Waals surface area contributed by atoms with E-state index in [0.29, 0.717) is 11.3 Å². The first-order chi connectivity index (χ1) is 17.1. The van der Waals surface area contributed by atoms with Crippen molar-refractivity contribution in [2.45, 2.75) is 10.9 Å². The van der Waals surface area contributed by atoms with Gasteiger partial charge in [-0.05, 0) is 48.0 Å². The molecular formula is C25H19FN6O2S. The number of amides is 2. The molecule has 2 heterocycles. The van der Waals surface area contributed by atoms with Crippen molar-refractivity contribution in [2.24, 2.45) is 0 Å². The summed E-state index contributed by atoms with van der Waals surface area (Å²) in [5.74, 6) is -0.866. The number of halogens is 1. The van der Waals surface area contributed by atoms with Crippen LogP contribution < -0.4 is 10.9 Å². The number of nitrogens with zero attached hydrogens (tertiary/aromatic N) is 3. The number of carbonyl (C=O) groups excluding carboxylic acids is 2. The highest BCUT2D eigenvalue weighted by Gasteiger charge is 2.14. The van der Waals surface area contributed by atoms with Crippen LogP contribution in [0.25, 0.3) is 16.7 Å². The Morgan fingerprint density at radius 1 is 0.914 bits per heavy atom. The van der Waals surface area contributed by atoms with Gasteiger partial charge in [0.1, 0.15) is 11.5 Å². The number of carbonyl (C=O) groups is 2. The van der Waals surface area contributed by atoms with Gasteiger partial charge in [-0.25, -0.2) is 14.1 Å². The molecule has 5 aromatic rings. The van der Waals surface area contributed by atoms with Crippen LogP contribution in [0.3, 0.4) is 0 Å². The summed E-state index contributed by atoms with van der Waals surface area (Å²) in [7, 11) is 0. The molecule has 0 aliphatic heterocycles. The number of para-hydroxylation sites is 3. The average Bonchev–Trinajstić information content (AvgIpc) is 3.54. The van der Waals surface area contributed by atoms with E-state index in [-0.39, 0.29) is 11.4 Å². The second kappa shape index (κ2) is 9.82. The first-order valence-corrected chi connectivity index (χ1v) is 11.6. The lowest BCUT2D eigenvalue weighted by Crippen LogP contribution is -2.41. The number of hydrazine groups is 1. The molecular weight excluding hydrogens is 467 g/mol. The number of fused-ring (bicyclic) bond motifs is 1. The van der Waals surface area contributed by atoms with E-state index in [1.54, 1.807) is 42.1 Å². The molecule has 0 spiro atoms. The number of hydrogen-bond acceptors (Lipinski definition) is 5. The molecule has 0 radical (unpaired) electrons. The van der Waals surface area contributed by atoms with E-state index in [9.17, 15) is 14.0 Å². The number of hydrogen-bond donors (Lipinski definition) is 3. The van der Waals surface area contributed by atoms with Gasteiger partial charge in [-0.3, -0.25) is 20.4 Å². The quantitative estimate of drug-likeness (QED) is 0.246. The number of benzene rings is 3. The number of aromatic nitrogens is 4. The maximum absolute atomic E-state index is 13.9. The predicted molar refractivity (Wildman–Crippen MR) is 131 cm³/mol. The zero-order valence-corrected chi connectivity index (χ0v) is 19.1. The van der Waals surface area contributed by atoms with Gasteiger partial charge in [0, 0.05) is 17.5 Å². The molecule has 0 atom stereocenters. The highest BCUT2D eigenvalue weighted by molar-refractivity contribution is 7.98. The van der Waals surface area contributed by atoms with Crippen molar-refractivity contribution in [3.8, 4) is 5.69 Å². The summed E-state index contributed by atoms with van der Waals surface area (Å²) in [5.41, 5.74) is 8.26. The molecule has 0 bridgehead atoms. The summed E-state index contributed by atoms with van der Waals surface area (Å²) in [6, 6.07) is 22.4. The fourth-order valence-electron chi connectivity index (χ4n) is 3.37. The molecule has 2 amide bonds. The van der Waals surface area contributed by atoms with Gasteiger partial charge in [-0.2, -0.15) is 5.10 Å². The van der Waals surface area contributed by atoms with Crippen LogP contribution in [0.15, 0.2) is 90.2 Å². The standard InChI is InChI=1S/C25H19FN6O2S/c26-18-5-1-4-8-22(18)32-14-13-21(31-32)24(34)30-29-23(33)17-11-9-16(10-12-17)15-35-25-27-19-6-2-3-7-20(19)28-25/h1-14H,15H2,(H,27,28)(H,29,33)(H,30,34). The zero-order chi connectivity index (χ0) is 24.2. The number of thioether (sulfide) groups is 1. The smallest absolute Gasteiger partial charge is 0.290 e. The van der Waals surface area contributed by atoms with Crippen molar-refractivity contribution in [2.75, 3.05) is 0 Å². The van der Waals surface area contributed by atoms with Crippen molar-refractivity contribution < 1.29 is 14.0 Å². The minimum absolute atomic E-state index is 0.0338. The third kappa shape index (κ3) is 5.07. The largest absolute Gasteiger partial charge is 0.333 e. The first-order valence-electron chi connectivity index (χ1n) is 10.6. The zero-order valence-electron chi connectivity index (χ0n) is 18.2. The Balaban J connectivity index is 1.14. The van der Waals surface area contributed by atoms with Crippen molar-refractivity contribution in [1.82, 2.24) is 30.6 Å². The Morgan fingerprint density at radius 2 is 1.66 bits per heavy atom. The highest BCUT2D eigenvalue weighted by atomic mass is 32.2. The second-order valence-electron chi connectivity index (χ2n) is 7.55. The third-order valence-electron chi connectivity index (χ3n) is 5.17. The lowest BCUT2D eigenvalue weighted by atomic mass is 10.1. The van der Waals surface area contributed by atoms with Crippen LogP contribution in [0.2, 0.25) is 0 Å². The van der Waals surface area contributed by atoms with E-state index in [0.717, 1.165) is 21.8 Å². The summed E-state index contributed by atoms with van der Waals surface area (Å²) >= 11 is 1.57. The first kappa shape index (κ1) is 22.4. The number of H-pyrrole nitrogens is 1. The molecule has 0 saturated heterocycles. The number of rotatable bonds is 6. The third-order valence-corrected chi connectivity index (χ3v) is 6.11. The van der Waals surface area contributed by atoms with Crippen LogP contribution in [-0.4, -0.2) is 31.6 Å². The summed E-state index contributed by atoms with van der Waals surface area (Å²) in [6.45, 7) is 0. The maximum Gasteiger partial charge on any atom is 0.290 e. The lowest BCUT2D eigenvalue weighted by molar-refractivity contribution is 0.0843. The molecule has 35 heavy (non-hydrogen) atoms. The Hall–Kier alpha value is -4.44. The van der Waals surface area contributed by atoms with Crippen LogP contribution in [0, 0.1) is 5.82 Å². The van der Waals surface area contributed by atoms with Gasteiger partial charge in [-0.1, -0.05) is 48.2 Å². The Labute approximate surface area is 203 Å². The molecule has 0 aliphatic carbocycles. The Bertz CT molecular complexity index is 1480. The Kier molecular flexibility index (Phi) is 6.27. The van der Waals surface area contributed by atoms with Gasteiger partial charge in [-0.15, -0.1) is 0 Å². The van der Waals surface area contributed by atoms with Crippen LogP contribution in [0.4, 0.5) is 4.39 Å². The highest BCUT2D eigenvalue weighted by Crippen LogP contribution is 2.23. The van der Waals surface area contributed by atoms with Crippen LogP contribution in [-0.2, 0) is 5.75 Å². The molecule has 174 valence electrons. The van der Waals surface area contributed by atoms with Crippen LogP contribution in [0.5, 0.6) is 0 Å². The number of nitrogens with one attached hydrogen (secondary N) is 3. The topological polar surface area (TPSA) is 105 Å². The summed E-state index contributed by atoms with van der Waals surface area (Å²) in [6.07, 6.45) is 1.47. The normalized spacial score (nSPS) is 10.9. The van der Waals surface area contributed by atoms with Gasteiger partial charge in [0.15, 0.2) is 10.9 Å². The molecule has 3 aromatic carbocycles. The van der Waals surface area contributed by atoms with Gasteiger partial charge < -0.3 is 4.98 Å². The monoisotopic (exact) mass is 486 g/mol. The summed E-state index contributed by atoms with van der Waals surface area (Å²) < 4.78 is 15.2. The molecule has 0 fully saturated rings. The van der Waals surface area contributed by atoms with Gasteiger partial charge >= 0.3 is 0 Å². The molecule has 0 unspecified atom stereocenters. The lowest BCUT2D eigenvalue weighted by Gasteiger charge is -2.07. The molecule has 0 saturated carbocycles. The fourth-order valence-corrected chi connectivity index (χ4v) is 4.21. The molecule has 3 N–H and O–H groups in total. The maximum atomic E-state index is 13.9. The SMILES string of the molecule is O=C(NNC(=O)c1ccn(-c2ccccc2F)n1)c1ccc(CSc2nc3ccccc3[nH]2)cc1. The van der Waals surface area contributed by atoms with Gasteiger partial charge in [0.25, 0.3) is 11.8 Å². The van der Waals surface area contributed by atoms with E-state index in [2.05, 4.69) is 25.9 Å².